The zero-order valence-corrected chi connectivity index (χ0v) is 24.3. The molecule has 0 bridgehead atoms. The van der Waals surface area contributed by atoms with Crippen molar-refractivity contribution in [2.45, 2.75) is 117 Å². The van der Waals surface area contributed by atoms with Crippen LogP contribution in [-0.2, 0) is 4.79 Å². The first-order valence-corrected chi connectivity index (χ1v) is 14.9. The molecule has 7 heteroatoms. The number of unbranched alkanes of at least 4 members (excludes halogenated alkanes) is 11. The summed E-state index contributed by atoms with van der Waals surface area (Å²) in [6.07, 6.45) is 23.6. The van der Waals surface area contributed by atoms with Crippen molar-refractivity contribution in [3.8, 4) is 0 Å². The van der Waals surface area contributed by atoms with E-state index in [-0.39, 0.29) is 17.9 Å². The molecule has 0 aromatic carbocycles. The molecule has 0 aliphatic carbocycles. The fraction of sp³-hybridized carbons (Fsp3) is 0.767. The number of hydrogen-bond donors (Lipinski definition) is 2. The lowest BCUT2D eigenvalue weighted by molar-refractivity contribution is -0.121. The number of carbonyl (C=O) groups excluding carboxylic acids is 2. The number of nitrogens with one attached hydrogen (secondary N) is 2. The fourth-order valence-electron chi connectivity index (χ4n) is 4.14. The summed E-state index contributed by atoms with van der Waals surface area (Å²) in [7, 11) is 2.00. The Morgan fingerprint density at radius 3 is 2.05 bits per heavy atom. The zero-order chi connectivity index (χ0) is 27.1. The number of amides is 2. The quantitative estimate of drug-likeness (QED) is 0.132. The Labute approximate surface area is 226 Å². The number of nitrogens with zero attached hydrogens (tertiary/aromatic N) is 3. The molecule has 2 N–H and O–H groups in total. The van der Waals surface area contributed by atoms with Gasteiger partial charge in [0.15, 0.2) is 0 Å². The van der Waals surface area contributed by atoms with Crippen LogP contribution in [0.2, 0.25) is 0 Å². The lowest BCUT2D eigenvalue weighted by atomic mass is 10.1. The van der Waals surface area contributed by atoms with Crippen LogP contribution in [0, 0.1) is 0 Å². The van der Waals surface area contributed by atoms with Crippen LogP contribution in [0.15, 0.2) is 24.4 Å². The number of allylic oxidation sites excluding steroid dienone is 2. The summed E-state index contributed by atoms with van der Waals surface area (Å²) >= 11 is 0. The van der Waals surface area contributed by atoms with Crippen LogP contribution in [0.5, 0.6) is 0 Å². The molecule has 2 amide bonds. The van der Waals surface area contributed by atoms with Crippen LogP contribution >= 0.6 is 0 Å². The molecule has 0 aliphatic heterocycles. The van der Waals surface area contributed by atoms with Crippen molar-refractivity contribution < 1.29 is 9.59 Å². The van der Waals surface area contributed by atoms with Crippen molar-refractivity contribution >= 4 is 11.8 Å². The van der Waals surface area contributed by atoms with Gasteiger partial charge in [-0.05, 0) is 59.1 Å². The SMILES string of the molecule is CCCCCCCC/C=C\CCCCCCCC(=O)NCCN(C)CCNC(=O)c1ccn(C(C)C)n1. The summed E-state index contributed by atoms with van der Waals surface area (Å²) in [6.45, 7) is 8.99. The summed E-state index contributed by atoms with van der Waals surface area (Å²) in [5, 5.41) is 10.2. The third kappa shape index (κ3) is 17.9. The smallest absolute Gasteiger partial charge is 0.271 e. The first-order chi connectivity index (χ1) is 17.9. The van der Waals surface area contributed by atoms with E-state index < -0.39 is 0 Å². The van der Waals surface area contributed by atoms with Gasteiger partial charge >= 0.3 is 0 Å². The highest BCUT2D eigenvalue weighted by atomic mass is 16.2. The molecule has 1 heterocycles. The average molecular weight is 518 g/mol. The fourth-order valence-corrected chi connectivity index (χ4v) is 4.14. The normalized spacial score (nSPS) is 11.6. The molecule has 0 spiro atoms. The van der Waals surface area contributed by atoms with Gasteiger partial charge in [0.05, 0.1) is 0 Å². The first kappa shape index (κ1) is 32.9. The Morgan fingerprint density at radius 2 is 1.46 bits per heavy atom. The van der Waals surface area contributed by atoms with Gasteiger partial charge < -0.3 is 15.5 Å². The topological polar surface area (TPSA) is 79.3 Å². The molecule has 1 aromatic rings. The molecule has 1 rings (SSSR count). The second kappa shape index (κ2) is 21.9. The van der Waals surface area contributed by atoms with Gasteiger partial charge in [0.2, 0.25) is 5.91 Å². The summed E-state index contributed by atoms with van der Waals surface area (Å²) in [6, 6.07) is 1.98. The van der Waals surface area contributed by atoms with Crippen molar-refractivity contribution in [2.75, 3.05) is 33.2 Å². The van der Waals surface area contributed by atoms with Crippen LogP contribution in [0.4, 0.5) is 0 Å². The largest absolute Gasteiger partial charge is 0.355 e. The van der Waals surface area contributed by atoms with Gasteiger partial charge in [-0.25, -0.2) is 0 Å². The second-order valence-corrected chi connectivity index (χ2v) is 10.5. The van der Waals surface area contributed by atoms with Gasteiger partial charge in [0.25, 0.3) is 5.91 Å². The minimum atomic E-state index is -0.152. The Kier molecular flexibility index (Phi) is 19.5. The van der Waals surface area contributed by atoms with E-state index in [0.717, 1.165) is 25.9 Å². The van der Waals surface area contributed by atoms with Gasteiger partial charge in [0, 0.05) is 44.8 Å². The lowest BCUT2D eigenvalue weighted by Gasteiger charge is -2.17. The number of hydrogen-bond acceptors (Lipinski definition) is 4. The van der Waals surface area contributed by atoms with E-state index in [1.54, 1.807) is 10.7 Å². The molecule has 0 atom stereocenters. The molecule has 0 radical (unpaired) electrons. The Bertz CT molecular complexity index is 744. The molecule has 0 saturated carbocycles. The standard InChI is InChI=1S/C30H55N5O2/c1-5-6-7-8-9-10-11-12-13-14-15-16-17-18-19-20-29(36)31-22-25-34(4)26-23-32-30(37)28-21-24-35(33-28)27(2)3/h12-13,21,24,27H,5-11,14-20,22-23,25-26H2,1-4H3,(H,31,36)(H,32,37)/b13-12-. The molecule has 0 unspecified atom stereocenters. The van der Waals surface area contributed by atoms with E-state index in [1.807, 2.05) is 27.1 Å². The van der Waals surface area contributed by atoms with Crippen molar-refractivity contribution in [2.24, 2.45) is 0 Å². The van der Waals surface area contributed by atoms with Gasteiger partial charge in [-0.3, -0.25) is 14.3 Å². The predicted molar refractivity (Wildman–Crippen MR) is 155 cm³/mol. The zero-order valence-electron chi connectivity index (χ0n) is 24.3. The maximum atomic E-state index is 12.2. The molecular formula is C30H55N5O2. The highest BCUT2D eigenvalue weighted by Crippen LogP contribution is 2.10. The Hall–Kier alpha value is -2.15. The van der Waals surface area contributed by atoms with Crippen molar-refractivity contribution in [3.63, 3.8) is 0 Å². The summed E-state index contributed by atoms with van der Waals surface area (Å²) in [4.78, 5) is 26.4. The third-order valence-corrected chi connectivity index (χ3v) is 6.63. The highest BCUT2D eigenvalue weighted by Gasteiger charge is 2.10. The number of likely N-dealkylation sites (N-methyl/N-ethyl adjacent to an activating group) is 1. The molecule has 0 aliphatic rings. The Balaban J connectivity index is 1.91. The van der Waals surface area contributed by atoms with Gasteiger partial charge in [0.1, 0.15) is 5.69 Å². The van der Waals surface area contributed by atoms with Gasteiger partial charge in [-0.15, -0.1) is 0 Å². The predicted octanol–water partition coefficient (Wildman–Crippen LogP) is 6.28. The van der Waals surface area contributed by atoms with Crippen LogP contribution in [0.25, 0.3) is 0 Å². The maximum absolute atomic E-state index is 12.2. The minimum Gasteiger partial charge on any atom is -0.355 e. The summed E-state index contributed by atoms with van der Waals surface area (Å²) in [5.41, 5.74) is 0.444. The molecule has 0 fully saturated rings. The molecule has 1 aromatic heterocycles. The van der Waals surface area contributed by atoms with E-state index in [2.05, 4.69) is 39.7 Å². The maximum Gasteiger partial charge on any atom is 0.271 e. The Morgan fingerprint density at radius 1 is 0.892 bits per heavy atom. The minimum absolute atomic E-state index is 0.139. The average Bonchev–Trinajstić information content (AvgIpc) is 3.37. The summed E-state index contributed by atoms with van der Waals surface area (Å²) in [5.74, 6) is -0.0128. The van der Waals surface area contributed by atoms with Gasteiger partial charge in [-0.2, -0.15) is 5.10 Å². The van der Waals surface area contributed by atoms with Crippen molar-refractivity contribution in [1.82, 2.24) is 25.3 Å². The second-order valence-electron chi connectivity index (χ2n) is 10.5. The molecule has 7 nitrogen and oxygen atoms in total. The third-order valence-electron chi connectivity index (χ3n) is 6.63. The molecule has 0 saturated heterocycles. The van der Waals surface area contributed by atoms with Crippen LogP contribution < -0.4 is 10.6 Å². The van der Waals surface area contributed by atoms with E-state index in [4.69, 9.17) is 0 Å². The number of aromatic nitrogens is 2. The van der Waals surface area contributed by atoms with E-state index in [1.165, 1.54) is 70.6 Å². The van der Waals surface area contributed by atoms with Crippen LogP contribution in [0.1, 0.15) is 127 Å². The van der Waals surface area contributed by atoms with Crippen molar-refractivity contribution in [3.05, 3.63) is 30.1 Å². The monoisotopic (exact) mass is 517 g/mol. The van der Waals surface area contributed by atoms with Crippen LogP contribution in [0.3, 0.4) is 0 Å². The lowest BCUT2D eigenvalue weighted by Crippen LogP contribution is -2.37. The van der Waals surface area contributed by atoms with Crippen LogP contribution in [-0.4, -0.2) is 59.7 Å². The molecule has 37 heavy (non-hydrogen) atoms. The van der Waals surface area contributed by atoms with Gasteiger partial charge in [-0.1, -0.05) is 70.4 Å². The summed E-state index contributed by atoms with van der Waals surface area (Å²) < 4.78 is 1.78. The van der Waals surface area contributed by atoms with E-state index >= 15 is 0 Å². The number of rotatable bonds is 23. The highest BCUT2D eigenvalue weighted by molar-refractivity contribution is 5.92. The van der Waals surface area contributed by atoms with E-state index in [0.29, 0.717) is 25.2 Å². The van der Waals surface area contributed by atoms with Crippen molar-refractivity contribution in [1.29, 1.82) is 0 Å². The first-order valence-electron chi connectivity index (χ1n) is 14.9. The molecular weight excluding hydrogens is 462 g/mol. The van der Waals surface area contributed by atoms with E-state index in [9.17, 15) is 9.59 Å². The molecule has 212 valence electrons. The number of carbonyl (C=O) groups is 2.